The number of nitrogens with zero attached hydrogens (tertiary/aromatic N) is 4. The van der Waals surface area contributed by atoms with Crippen LogP contribution >= 0.6 is 23.7 Å². The lowest BCUT2D eigenvalue weighted by Crippen LogP contribution is -2.38. The molecule has 1 aromatic heterocycles. The Labute approximate surface area is 218 Å². The van der Waals surface area contributed by atoms with E-state index in [9.17, 15) is 13.2 Å². The average molecular weight is 541 g/mol. The van der Waals surface area contributed by atoms with E-state index in [1.165, 1.54) is 37.6 Å². The number of fused-ring (bicyclic) bond motifs is 1. The molecule has 11 heteroatoms. The fourth-order valence-corrected chi connectivity index (χ4v) is 5.56. The van der Waals surface area contributed by atoms with Crippen molar-refractivity contribution in [3.8, 4) is 5.75 Å². The summed E-state index contributed by atoms with van der Waals surface area (Å²) in [5.74, 6) is 0.439. The van der Waals surface area contributed by atoms with E-state index in [1.807, 2.05) is 19.1 Å². The van der Waals surface area contributed by atoms with Crippen LogP contribution in [0, 0.1) is 6.92 Å². The highest BCUT2D eigenvalue weighted by Gasteiger charge is 2.24. The van der Waals surface area contributed by atoms with Gasteiger partial charge >= 0.3 is 0 Å². The van der Waals surface area contributed by atoms with Gasteiger partial charge in [0, 0.05) is 32.7 Å². The molecule has 0 radical (unpaired) electrons. The van der Waals surface area contributed by atoms with E-state index in [1.54, 1.807) is 24.1 Å². The Morgan fingerprint density at radius 1 is 1.03 bits per heavy atom. The van der Waals surface area contributed by atoms with Crippen LogP contribution in [0.2, 0.25) is 0 Å². The van der Waals surface area contributed by atoms with Crippen LogP contribution < -0.4 is 9.64 Å². The van der Waals surface area contributed by atoms with Crippen LogP contribution in [0.25, 0.3) is 10.2 Å². The van der Waals surface area contributed by atoms with E-state index < -0.39 is 10.0 Å². The van der Waals surface area contributed by atoms with Gasteiger partial charge in [0.2, 0.25) is 10.0 Å². The number of hydrogen-bond acceptors (Lipinski definition) is 7. The fourth-order valence-electron chi connectivity index (χ4n) is 3.58. The normalized spacial score (nSPS) is 11.7. The minimum absolute atomic E-state index is 0. The lowest BCUT2D eigenvalue weighted by molar-refractivity contribution is 0.0983. The van der Waals surface area contributed by atoms with Crippen molar-refractivity contribution in [1.29, 1.82) is 0 Å². The first-order valence-electron chi connectivity index (χ1n) is 11.1. The quantitative estimate of drug-likeness (QED) is 0.382. The van der Waals surface area contributed by atoms with E-state index in [2.05, 4.69) is 18.7 Å². The van der Waals surface area contributed by atoms with Crippen molar-refractivity contribution in [3.05, 3.63) is 47.5 Å². The summed E-state index contributed by atoms with van der Waals surface area (Å²) in [4.78, 5) is 22.5. The maximum atomic E-state index is 13.6. The molecule has 0 aliphatic heterocycles. The Hall–Kier alpha value is -2.24. The molecule has 0 bridgehead atoms. The third-order valence-corrected chi connectivity index (χ3v) is 8.85. The number of aromatic nitrogens is 1. The highest BCUT2D eigenvalue weighted by Crippen LogP contribution is 2.36. The number of rotatable bonds is 10. The van der Waals surface area contributed by atoms with Gasteiger partial charge in [-0.1, -0.05) is 31.3 Å². The zero-order chi connectivity index (χ0) is 25.0. The van der Waals surface area contributed by atoms with Gasteiger partial charge in [0.25, 0.3) is 5.91 Å². The summed E-state index contributed by atoms with van der Waals surface area (Å²) in [5, 5.41) is 0.588. The molecule has 1 heterocycles. The van der Waals surface area contributed by atoms with E-state index in [0.29, 0.717) is 29.5 Å². The standard InChI is InChI=1S/C24H32N4O4S2.ClH/c1-7-27(8-2)15-16-28(24-25-21-20(32-6)14-9-17(3)22(21)33-24)23(29)18-10-12-19(13-11-18)34(30,31)26(4)5;/h9-14H,7-8,15-16H2,1-6H3;1H. The number of ether oxygens (including phenoxy) is 1. The first kappa shape index (κ1) is 29.0. The average Bonchev–Trinajstić information content (AvgIpc) is 3.28. The van der Waals surface area contributed by atoms with Crippen molar-refractivity contribution in [3.63, 3.8) is 0 Å². The Morgan fingerprint density at radius 3 is 2.20 bits per heavy atom. The van der Waals surface area contributed by atoms with Gasteiger partial charge in [0.05, 0.1) is 16.7 Å². The Balaban J connectivity index is 0.00000432. The fraction of sp³-hybridized carbons (Fsp3) is 0.417. The lowest BCUT2D eigenvalue weighted by Gasteiger charge is -2.25. The van der Waals surface area contributed by atoms with Crippen LogP contribution in [0.15, 0.2) is 41.3 Å². The third-order valence-electron chi connectivity index (χ3n) is 5.80. The van der Waals surface area contributed by atoms with Crippen molar-refractivity contribution in [2.75, 3.05) is 52.3 Å². The molecule has 0 aliphatic rings. The Kier molecular flexibility index (Phi) is 10.1. The van der Waals surface area contributed by atoms with Crippen molar-refractivity contribution >= 4 is 55.0 Å². The molecular weight excluding hydrogens is 508 g/mol. The van der Waals surface area contributed by atoms with Gasteiger partial charge in [-0.05, 0) is 55.9 Å². The molecule has 8 nitrogen and oxygen atoms in total. The van der Waals surface area contributed by atoms with Crippen molar-refractivity contribution in [2.45, 2.75) is 25.7 Å². The number of carbonyl (C=O) groups is 1. The predicted molar refractivity (Wildman–Crippen MR) is 145 cm³/mol. The molecular formula is C24H33ClN4O4S2. The van der Waals surface area contributed by atoms with E-state index in [4.69, 9.17) is 9.72 Å². The van der Waals surface area contributed by atoms with Crippen LogP contribution in [0.4, 0.5) is 5.13 Å². The first-order valence-corrected chi connectivity index (χ1v) is 13.4. The minimum atomic E-state index is -3.57. The largest absolute Gasteiger partial charge is 0.494 e. The summed E-state index contributed by atoms with van der Waals surface area (Å²) in [5.41, 5.74) is 2.20. The molecule has 1 amide bonds. The zero-order valence-corrected chi connectivity index (χ0v) is 23.4. The second-order valence-electron chi connectivity index (χ2n) is 8.05. The van der Waals surface area contributed by atoms with Gasteiger partial charge in [-0.3, -0.25) is 9.69 Å². The number of amides is 1. The van der Waals surface area contributed by atoms with Gasteiger partial charge in [0.15, 0.2) is 5.13 Å². The third kappa shape index (κ3) is 6.13. The molecule has 0 fully saturated rings. The van der Waals surface area contributed by atoms with Gasteiger partial charge in [-0.25, -0.2) is 17.7 Å². The van der Waals surface area contributed by atoms with Crippen molar-refractivity contribution in [2.24, 2.45) is 0 Å². The number of benzene rings is 2. The molecule has 0 saturated carbocycles. The number of carbonyl (C=O) groups excluding carboxylic acids is 1. The molecule has 35 heavy (non-hydrogen) atoms. The number of methoxy groups -OCH3 is 1. The summed E-state index contributed by atoms with van der Waals surface area (Å²) < 4.78 is 32.4. The van der Waals surface area contributed by atoms with Crippen molar-refractivity contribution < 1.29 is 17.9 Å². The highest BCUT2D eigenvalue weighted by molar-refractivity contribution is 7.89. The van der Waals surface area contributed by atoms with E-state index in [0.717, 1.165) is 33.2 Å². The van der Waals surface area contributed by atoms with Crippen LogP contribution in [-0.4, -0.2) is 75.9 Å². The summed E-state index contributed by atoms with van der Waals surface area (Å²) in [6.07, 6.45) is 0. The summed E-state index contributed by atoms with van der Waals surface area (Å²) >= 11 is 1.46. The molecule has 2 aromatic carbocycles. The Morgan fingerprint density at radius 2 is 1.66 bits per heavy atom. The van der Waals surface area contributed by atoms with Crippen LogP contribution in [0.1, 0.15) is 29.8 Å². The highest BCUT2D eigenvalue weighted by atomic mass is 35.5. The Bertz CT molecular complexity index is 1260. The molecule has 192 valence electrons. The molecule has 0 spiro atoms. The number of thiazole rings is 1. The topological polar surface area (TPSA) is 83.1 Å². The molecule has 3 rings (SSSR count). The zero-order valence-electron chi connectivity index (χ0n) is 20.9. The maximum absolute atomic E-state index is 13.6. The lowest BCUT2D eigenvalue weighted by atomic mass is 10.2. The van der Waals surface area contributed by atoms with Crippen LogP contribution in [0.3, 0.4) is 0 Å². The first-order chi connectivity index (χ1) is 16.1. The molecule has 0 saturated heterocycles. The molecule has 0 aliphatic carbocycles. The minimum Gasteiger partial charge on any atom is -0.494 e. The van der Waals surface area contributed by atoms with Crippen LogP contribution in [-0.2, 0) is 10.0 Å². The van der Waals surface area contributed by atoms with Gasteiger partial charge in [-0.15, -0.1) is 12.4 Å². The molecule has 0 N–H and O–H groups in total. The number of halogens is 1. The second-order valence-corrected chi connectivity index (χ2v) is 11.2. The number of sulfonamides is 1. The smallest absolute Gasteiger partial charge is 0.260 e. The summed E-state index contributed by atoms with van der Waals surface area (Å²) in [6.45, 7) is 9.09. The molecule has 0 atom stereocenters. The summed E-state index contributed by atoms with van der Waals surface area (Å²) in [6, 6.07) is 9.92. The number of aryl methyl sites for hydroxylation is 1. The maximum Gasteiger partial charge on any atom is 0.260 e. The molecule has 3 aromatic rings. The van der Waals surface area contributed by atoms with Gasteiger partial charge in [-0.2, -0.15) is 0 Å². The number of likely N-dealkylation sites (N-methyl/N-ethyl adjacent to an activating group) is 1. The van der Waals surface area contributed by atoms with E-state index in [-0.39, 0.29) is 23.2 Å². The number of anilines is 1. The van der Waals surface area contributed by atoms with Crippen LogP contribution in [0.5, 0.6) is 5.75 Å². The van der Waals surface area contributed by atoms with Crippen molar-refractivity contribution in [1.82, 2.24) is 14.2 Å². The monoisotopic (exact) mass is 540 g/mol. The van der Waals surface area contributed by atoms with Gasteiger partial charge in [0.1, 0.15) is 11.3 Å². The summed E-state index contributed by atoms with van der Waals surface area (Å²) in [7, 11) is 0.992. The number of hydrogen-bond donors (Lipinski definition) is 0. The molecule has 0 unspecified atom stereocenters. The predicted octanol–water partition coefficient (Wildman–Crippen LogP) is 4.27. The SMILES string of the molecule is CCN(CC)CCN(C(=O)c1ccc(S(=O)(=O)N(C)C)cc1)c1nc2c(OC)ccc(C)c2s1.Cl. The van der Waals surface area contributed by atoms with Gasteiger partial charge < -0.3 is 9.64 Å². The van der Waals surface area contributed by atoms with E-state index >= 15 is 0 Å². The second kappa shape index (κ2) is 12.1.